The number of carbonyl (C=O) groups is 2. The molecule has 0 radical (unpaired) electrons. The van der Waals surface area contributed by atoms with E-state index in [1.165, 1.54) is 18.2 Å². The highest BCUT2D eigenvalue weighted by molar-refractivity contribution is 9.10. The number of anilines is 1. The minimum absolute atomic E-state index is 0.0526. The van der Waals surface area contributed by atoms with Crippen LogP contribution in [0.2, 0.25) is 5.02 Å². The number of hydrogen-bond acceptors (Lipinski definition) is 2. The summed E-state index contributed by atoms with van der Waals surface area (Å²) in [7, 11) is 0. The number of nitrogens with one attached hydrogen (secondary N) is 1. The monoisotopic (exact) mass is 353 g/mol. The molecule has 0 aromatic heterocycles. The summed E-state index contributed by atoms with van der Waals surface area (Å²) in [6.45, 7) is 0. The first-order valence-electron chi connectivity index (χ1n) is 5.58. The van der Waals surface area contributed by atoms with Crippen LogP contribution in [0.1, 0.15) is 20.7 Å². The van der Waals surface area contributed by atoms with E-state index in [2.05, 4.69) is 21.2 Å². The molecule has 0 saturated carbocycles. The number of aromatic carboxylic acids is 1. The van der Waals surface area contributed by atoms with Gasteiger partial charge in [0.05, 0.1) is 21.8 Å². The highest BCUT2D eigenvalue weighted by Gasteiger charge is 2.13. The lowest BCUT2D eigenvalue weighted by Crippen LogP contribution is -2.13. The molecule has 0 aliphatic heterocycles. The molecule has 0 unspecified atom stereocenters. The molecule has 0 saturated heterocycles. The Bertz CT molecular complexity index is 688. The Kier molecular flexibility index (Phi) is 4.42. The van der Waals surface area contributed by atoms with Gasteiger partial charge in [0.2, 0.25) is 0 Å². The van der Waals surface area contributed by atoms with Gasteiger partial charge >= 0.3 is 5.97 Å². The molecule has 0 atom stereocenters. The molecule has 20 heavy (non-hydrogen) atoms. The zero-order valence-corrected chi connectivity index (χ0v) is 12.4. The van der Waals surface area contributed by atoms with Gasteiger partial charge in [-0.25, -0.2) is 4.79 Å². The summed E-state index contributed by atoms with van der Waals surface area (Å²) >= 11 is 9.23. The second-order valence-electron chi connectivity index (χ2n) is 3.93. The number of carbonyl (C=O) groups excluding carboxylic acids is 1. The van der Waals surface area contributed by atoms with Crippen molar-refractivity contribution in [2.75, 3.05) is 5.32 Å². The smallest absolute Gasteiger partial charge is 0.335 e. The topological polar surface area (TPSA) is 66.4 Å². The molecule has 0 spiro atoms. The average molecular weight is 355 g/mol. The Morgan fingerprint density at radius 2 is 1.85 bits per heavy atom. The molecule has 0 heterocycles. The predicted octanol–water partition coefficient (Wildman–Crippen LogP) is 4.05. The van der Waals surface area contributed by atoms with Gasteiger partial charge in [0.25, 0.3) is 5.91 Å². The fourth-order valence-corrected chi connectivity index (χ4v) is 2.22. The zero-order chi connectivity index (χ0) is 14.7. The lowest BCUT2D eigenvalue weighted by Gasteiger charge is -2.09. The number of amides is 1. The second kappa shape index (κ2) is 6.07. The molecule has 2 aromatic rings. The molecule has 0 aliphatic rings. The summed E-state index contributed by atoms with van der Waals surface area (Å²) < 4.78 is 0.642. The van der Waals surface area contributed by atoms with Crippen LogP contribution in [-0.4, -0.2) is 17.0 Å². The van der Waals surface area contributed by atoms with E-state index in [0.29, 0.717) is 10.0 Å². The van der Waals surface area contributed by atoms with E-state index in [1.807, 2.05) is 0 Å². The Balaban J connectivity index is 2.30. The van der Waals surface area contributed by atoms with E-state index in [4.69, 9.17) is 16.7 Å². The second-order valence-corrected chi connectivity index (χ2v) is 5.20. The van der Waals surface area contributed by atoms with Gasteiger partial charge in [-0.05, 0) is 46.3 Å². The molecule has 102 valence electrons. The van der Waals surface area contributed by atoms with Crippen LogP contribution < -0.4 is 5.32 Å². The summed E-state index contributed by atoms with van der Waals surface area (Å²) in [5, 5.41) is 11.8. The molecule has 4 nitrogen and oxygen atoms in total. The summed E-state index contributed by atoms with van der Waals surface area (Å²) in [5.74, 6) is -1.46. The van der Waals surface area contributed by atoms with Gasteiger partial charge in [-0.2, -0.15) is 0 Å². The van der Waals surface area contributed by atoms with Crippen LogP contribution in [0.15, 0.2) is 46.9 Å². The van der Waals surface area contributed by atoms with Crippen LogP contribution in [-0.2, 0) is 0 Å². The van der Waals surface area contributed by atoms with Gasteiger partial charge in [0.15, 0.2) is 0 Å². The normalized spacial score (nSPS) is 10.1. The van der Waals surface area contributed by atoms with Gasteiger partial charge < -0.3 is 10.4 Å². The first kappa shape index (κ1) is 14.6. The van der Waals surface area contributed by atoms with Gasteiger partial charge in [-0.3, -0.25) is 4.79 Å². The molecule has 2 N–H and O–H groups in total. The number of carboxylic acid groups (broad SMARTS) is 1. The first-order valence-corrected chi connectivity index (χ1v) is 6.75. The molecular formula is C14H9BrClNO3. The molecule has 6 heteroatoms. The maximum atomic E-state index is 12.1. The highest BCUT2D eigenvalue weighted by atomic mass is 79.9. The van der Waals surface area contributed by atoms with Gasteiger partial charge in [0, 0.05) is 4.47 Å². The molecule has 1 amide bonds. The van der Waals surface area contributed by atoms with Crippen LogP contribution in [0.3, 0.4) is 0 Å². The molecule has 0 bridgehead atoms. The lowest BCUT2D eigenvalue weighted by molar-refractivity contribution is 0.0696. The quantitative estimate of drug-likeness (QED) is 0.874. The number of rotatable bonds is 3. The Morgan fingerprint density at radius 3 is 2.50 bits per heavy atom. The van der Waals surface area contributed by atoms with Gasteiger partial charge in [-0.15, -0.1) is 0 Å². The SMILES string of the molecule is O=C(O)c1ccc(Cl)c(NC(=O)c2ccccc2Br)c1. The third-order valence-electron chi connectivity index (χ3n) is 2.58. The van der Waals surface area contributed by atoms with Gasteiger partial charge in [-0.1, -0.05) is 23.7 Å². The minimum atomic E-state index is -1.09. The van der Waals surface area contributed by atoms with Crippen molar-refractivity contribution in [3.63, 3.8) is 0 Å². The summed E-state index contributed by atoms with van der Waals surface area (Å²) in [5.41, 5.74) is 0.744. The van der Waals surface area contributed by atoms with E-state index >= 15 is 0 Å². The lowest BCUT2D eigenvalue weighted by atomic mass is 10.1. The standard InChI is InChI=1S/C14H9BrClNO3/c15-10-4-2-1-3-9(10)13(18)17-12-7-8(14(19)20)5-6-11(12)16/h1-7H,(H,17,18)(H,19,20). The number of benzene rings is 2. The van der Waals surface area contributed by atoms with E-state index in [9.17, 15) is 9.59 Å². The van der Waals surface area contributed by atoms with Crippen molar-refractivity contribution >= 4 is 45.1 Å². The summed E-state index contributed by atoms with van der Waals surface area (Å²) in [6, 6.07) is 11.0. The molecule has 0 aliphatic carbocycles. The maximum Gasteiger partial charge on any atom is 0.335 e. The number of hydrogen-bond donors (Lipinski definition) is 2. The average Bonchev–Trinajstić information content (AvgIpc) is 2.41. The number of halogens is 2. The van der Waals surface area contributed by atoms with Crippen molar-refractivity contribution in [3.8, 4) is 0 Å². The molecule has 0 fully saturated rings. The van der Waals surface area contributed by atoms with Crippen LogP contribution >= 0.6 is 27.5 Å². The van der Waals surface area contributed by atoms with Crippen LogP contribution in [0.25, 0.3) is 0 Å². The Morgan fingerprint density at radius 1 is 1.15 bits per heavy atom. The third-order valence-corrected chi connectivity index (χ3v) is 3.60. The Hall–Kier alpha value is -1.85. The van der Waals surface area contributed by atoms with E-state index in [1.54, 1.807) is 24.3 Å². The maximum absolute atomic E-state index is 12.1. The largest absolute Gasteiger partial charge is 0.478 e. The van der Waals surface area contributed by atoms with Crippen LogP contribution in [0.5, 0.6) is 0 Å². The fraction of sp³-hybridized carbons (Fsp3) is 0. The van der Waals surface area contributed by atoms with E-state index < -0.39 is 5.97 Å². The molecular weight excluding hydrogens is 346 g/mol. The minimum Gasteiger partial charge on any atom is -0.478 e. The van der Waals surface area contributed by atoms with Crippen molar-refractivity contribution in [2.24, 2.45) is 0 Å². The van der Waals surface area contributed by atoms with Gasteiger partial charge in [0.1, 0.15) is 0 Å². The molecule has 2 rings (SSSR count). The van der Waals surface area contributed by atoms with Crippen LogP contribution in [0, 0.1) is 0 Å². The predicted molar refractivity (Wildman–Crippen MR) is 80.5 cm³/mol. The Labute approximate surface area is 128 Å². The number of carboxylic acids is 1. The van der Waals surface area contributed by atoms with Crippen molar-refractivity contribution in [1.29, 1.82) is 0 Å². The summed E-state index contributed by atoms with van der Waals surface area (Å²) in [6.07, 6.45) is 0. The fourth-order valence-electron chi connectivity index (χ4n) is 1.59. The van der Waals surface area contributed by atoms with Crippen LogP contribution in [0.4, 0.5) is 5.69 Å². The summed E-state index contributed by atoms with van der Waals surface area (Å²) in [4.78, 5) is 23.0. The van der Waals surface area contributed by atoms with Crippen molar-refractivity contribution in [1.82, 2.24) is 0 Å². The zero-order valence-electron chi connectivity index (χ0n) is 10.1. The van der Waals surface area contributed by atoms with E-state index in [0.717, 1.165) is 0 Å². The van der Waals surface area contributed by atoms with E-state index in [-0.39, 0.29) is 22.2 Å². The van der Waals surface area contributed by atoms with Crippen molar-refractivity contribution < 1.29 is 14.7 Å². The molecule has 2 aromatic carbocycles. The van der Waals surface area contributed by atoms with Crippen molar-refractivity contribution in [3.05, 3.63) is 63.1 Å². The first-order chi connectivity index (χ1) is 9.49. The van der Waals surface area contributed by atoms with Crippen molar-refractivity contribution in [2.45, 2.75) is 0 Å². The highest BCUT2D eigenvalue weighted by Crippen LogP contribution is 2.25. The third kappa shape index (κ3) is 3.18.